The van der Waals surface area contributed by atoms with Crippen LogP contribution in [0.3, 0.4) is 0 Å². The number of piperidine rings is 2. The Kier molecular flexibility index (Phi) is 2.31. The Morgan fingerprint density at radius 3 is 2.57 bits per heavy atom. The van der Waals surface area contributed by atoms with E-state index in [-0.39, 0.29) is 0 Å². The van der Waals surface area contributed by atoms with E-state index < -0.39 is 0 Å². The first-order valence-electron chi connectivity index (χ1n) is 6.63. The smallest absolute Gasteiger partial charge is 0.00983 e. The topological polar surface area (TPSA) is 12.0 Å². The fourth-order valence-electron chi connectivity index (χ4n) is 3.79. The highest BCUT2D eigenvalue weighted by Crippen LogP contribution is 2.45. The highest BCUT2D eigenvalue weighted by molar-refractivity contribution is 4.98. The Hall–Kier alpha value is -0.0400. The Balaban J connectivity index is 1.62. The van der Waals surface area contributed by atoms with Crippen molar-refractivity contribution < 1.29 is 0 Å². The molecule has 1 heteroatoms. The van der Waals surface area contributed by atoms with E-state index in [9.17, 15) is 0 Å². The summed E-state index contributed by atoms with van der Waals surface area (Å²) in [6.45, 7) is 2.34. The maximum Gasteiger partial charge on any atom is 0.00983 e. The van der Waals surface area contributed by atoms with Gasteiger partial charge in [0.05, 0.1) is 0 Å². The summed E-state index contributed by atoms with van der Waals surface area (Å²) in [4.78, 5) is 0. The number of hydrogen-bond donors (Lipinski definition) is 1. The molecule has 2 bridgehead atoms. The molecule has 2 saturated carbocycles. The molecule has 4 aliphatic rings. The molecule has 4 atom stereocenters. The minimum Gasteiger partial charge on any atom is -0.311 e. The van der Waals surface area contributed by atoms with Crippen LogP contribution in [0.1, 0.15) is 51.9 Å². The summed E-state index contributed by atoms with van der Waals surface area (Å²) in [6.07, 6.45) is 10.5. The molecular weight excluding hydrogens is 170 g/mol. The van der Waals surface area contributed by atoms with Crippen molar-refractivity contribution in [3.8, 4) is 0 Å². The second kappa shape index (κ2) is 3.52. The van der Waals surface area contributed by atoms with Gasteiger partial charge in [0.25, 0.3) is 0 Å². The zero-order valence-corrected chi connectivity index (χ0v) is 9.34. The number of nitrogens with one attached hydrogen (secondary N) is 1. The van der Waals surface area contributed by atoms with Crippen LogP contribution in [0.4, 0.5) is 0 Å². The first kappa shape index (κ1) is 9.21. The molecule has 80 valence electrons. The predicted molar refractivity (Wildman–Crippen MR) is 59.2 cm³/mol. The van der Waals surface area contributed by atoms with Crippen LogP contribution >= 0.6 is 0 Å². The Morgan fingerprint density at radius 1 is 1.14 bits per heavy atom. The summed E-state index contributed by atoms with van der Waals surface area (Å²) in [6, 6.07) is 1.76. The van der Waals surface area contributed by atoms with E-state index in [4.69, 9.17) is 0 Å². The Labute approximate surface area is 87.7 Å². The molecule has 2 heterocycles. The fraction of sp³-hybridized carbons (Fsp3) is 1.00. The van der Waals surface area contributed by atoms with Crippen molar-refractivity contribution in [2.45, 2.75) is 64.0 Å². The summed E-state index contributed by atoms with van der Waals surface area (Å²) in [7, 11) is 0. The number of rotatable bonds is 3. The van der Waals surface area contributed by atoms with Gasteiger partial charge in [-0.25, -0.2) is 0 Å². The van der Waals surface area contributed by atoms with Crippen molar-refractivity contribution in [2.75, 3.05) is 0 Å². The molecule has 14 heavy (non-hydrogen) atoms. The maximum absolute atomic E-state index is 3.89. The van der Waals surface area contributed by atoms with Crippen LogP contribution in [0, 0.1) is 17.8 Å². The average molecular weight is 193 g/mol. The Bertz CT molecular complexity index is 209. The average Bonchev–Trinajstić information content (AvgIpc) is 3.02. The lowest BCUT2D eigenvalue weighted by molar-refractivity contribution is 0.0782. The summed E-state index contributed by atoms with van der Waals surface area (Å²) in [5.41, 5.74) is 0. The molecule has 2 aliphatic heterocycles. The minimum atomic E-state index is 0.865. The zero-order chi connectivity index (χ0) is 9.54. The summed E-state index contributed by atoms with van der Waals surface area (Å²) in [5, 5.41) is 3.89. The number of fused-ring (bicyclic) bond motifs is 3. The van der Waals surface area contributed by atoms with Gasteiger partial charge in [0.1, 0.15) is 0 Å². The van der Waals surface area contributed by atoms with Crippen molar-refractivity contribution in [1.82, 2.24) is 5.32 Å². The van der Waals surface area contributed by atoms with E-state index in [2.05, 4.69) is 12.2 Å². The van der Waals surface area contributed by atoms with Gasteiger partial charge in [0, 0.05) is 12.1 Å². The van der Waals surface area contributed by atoms with Crippen LogP contribution in [0.25, 0.3) is 0 Å². The quantitative estimate of drug-likeness (QED) is 0.726. The molecular formula is C13H23N. The summed E-state index contributed by atoms with van der Waals surface area (Å²) >= 11 is 0. The van der Waals surface area contributed by atoms with Crippen LogP contribution in [0.15, 0.2) is 0 Å². The van der Waals surface area contributed by atoms with Gasteiger partial charge in [0.15, 0.2) is 0 Å². The highest BCUT2D eigenvalue weighted by atomic mass is 15.0. The largest absolute Gasteiger partial charge is 0.311 e. The van der Waals surface area contributed by atoms with Gasteiger partial charge in [-0.1, -0.05) is 19.8 Å². The lowest BCUT2D eigenvalue weighted by atomic mass is 9.68. The van der Waals surface area contributed by atoms with Gasteiger partial charge in [-0.3, -0.25) is 0 Å². The maximum atomic E-state index is 3.89. The predicted octanol–water partition coefficient (Wildman–Crippen LogP) is 2.95. The molecule has 4 unspecified atom stereocenters. The molecule has 0 aromatic heterocycles. The van der Waals surface area contributed by atoms with Gasteiger partial charge in [0.2, 0.25) is 0 Å². The van der Waals surface area contributed by atoms with Crippen molar-refractivity contribution in [1.29, 1.82) is 0 Å². The van der Waals surface area contributed by atoms with Crippen LogP contribution in [0.2, 0.25) is 0 Å². The normalized spacial score (nSPS) is 46.9. The molecule has 0 spiro atoms. The van der Waals surface area contributed by atoms with Crippen molar-refractivity contribution >= 4 is 0 Å². The monoisotopic (exact) mass is 193 g/mol. The number of hydrogen-bond acceptors (Lipinski definition) is 1. The molecule has 0 radical (unpaired) electrons. The van der Waals surface area contributed by atoms with Gasteiger partial charge in [-0.05, 0) is 49.9 Å². The highest BCUT2D eigenvalue weighted by Gasteiger charge is 2.41. The molecule has 0 aromatic rings. The van der Waals surface area contributed by atoms with Crippen LogP contribution in [-0.4, -0.2) is 12.1 Å². The first-order valence-corrected chi connectivity index (χ1v) is 6.63. The second-order valence-corrected chi connectivity index (χ2v) is 5.80. The second-order valence-electron chi connectivity index (χ2n) is 5.80. The van der Waals surface area contributed by atoms with E-state index in [1.165, 1.54) is 32.1 Å². The van der Waals surface area contributed by atoms with Crippen molar-refractivity contribution in [3.05, 3.63) is 0 Å². The van der Waals surface area contributed by atoms with E-state index in [1.54, 1.807) is 12.8 Å². The molecule has 2 saturated heterocycles. The van der Waals surface area contributed by atoms with E-state index >= 15 is 0 Å². The van der Waals surface area contributed by atoms with Crippen molar-refractivity contribution in [2.24, 2.45) is 17.8 Å². The third kappa shape index (κ3) is 1.60. The van der Waals surface area contributed by atoms with E-state index in [0.29, 0.717) is 0 Å². The van der Waals surface area contributed by atoms with Crippen LogP contribution < -0.4 is 5.32 Å². The molecule has 4 fully saturated rings. The van der Waals surface area contributed by atoms with Gasteiger partial charge in [-0.15, -0.1) is 0 Å². The molecule has 0 aromatic carbocycles. The summed E-state index contributed by atoms with van der Waals surface area (Å²) < 4.78 is 0. The molecule has 1 N–H and O–H groups in total. The van der Waals surface area contributed by atoms with Crippen LogP contribution in [-0.2, 0) is 0 Å². The Morgan fingerprint density at radius 2 is 2.00 bits per heavy atom. The minimum absolute atomic E-state index is 0.865. The van der Waals surface area contributed by atoms with Gasteiger partial charge >= 0.3 is 0 Å². The summed E-state index contributed by atoms with van der Waals surface area (Å²) in [5.74, 6) is 3.19. The molecule has 0 amide bonds. The molecule has 2 aliphatic carbocycles. The van der Waals surface area contributed by atoms with E-state index in [0.717, 1.165) is 29.8 Å². The third-order valence-electron chi connectivity index (χ3n) is 4.79. The van der Waals surface area contributed by atoms with Gasteiger partial charge in [-0.2, -0.15) is 0 Å². The van der Waals surface area contributed by atoms with Crippen molar-refractivity contribution in [3.63, 3.8) is 0 Å². The molecule has 1 nitrogen and oxygen atoms in total. The van der Waals surface area contributed by atoms with Gasteiger partial charge < -0.3 is 5.32 Å². The zero-order valence-electron chi connectivity index (χ0n) is 9.34. The first-order chi connectivity index (χ1) is 6.86. The van der Waals surface area contributed by atoms with Crippen LogP contribution in [0.5, 0.6) is 0 Å². The third-order valence-corrected chi connectivity index (χ3v) is 4.79. The standard InChI is InChI=1S/C13H23N/c1-2-12-10-5-6-13(14-12)11(8-10)7-9-3-4-9/h9-14H,2-8H2,1H3. The lowest BCUT2D eigenvalue weighted by Crippen LogP contribution is -2.56. The lowest BCUT2D eigenvalue weighted by Gasteiger charge is -2.48. The molecule has 4 rings (SSSR count). The van der Waals surface area contributed by atoms with E-state index in [1.807, 2.05) is 0 Å². The fourth-order valence-corrected chi connectivity index (χ4v) is 3.79. The SMILES string of the molecule is CCC1NC2CCC1CC2CC1CC1.